The number of nitrogens with zero attached hydrogens (tertiary/aromatic N) is 2. The van der Waals surface area contributed by atoms with Crippen molar-refractivity contribution in [3.05, 3.63) is 28.8 Å². The molecule has 2 N–H and O–H groups in total. The van der Waals surface area contributed by atoms with Gasteiger partial charge in [0.2, 0.25) is 10.0 Å². The summed E-state index contributed by atoms with van der Waals surface area (Å²) in [6.07, 6.45) is 7.99. The van der Waals surface area contributed by atoms with Crippen LogP contribution in [0.1, 0.15) is 29.6 Å². The quantitative estimate of drug-likeness (QED) is 0.689. The zero-order valence-electron chi connectivity index (χ0n) is 13.0. The number of anilines is 1. The van der Waals surface area contributed by atoms with E-state index in [1.54, 1.807) is 0 Å². The molecular formula is C15H17ClN4O3S. The average Bonchev–Trinajstić information content (AvgIpc) is 3.26. The molecule has 2 rings (SSSR count). The summed E-state index contributed by atoms with van der Waals surface area (Å²) in [6.45, 7) is 0.335. The van der Waals surface area contributed by atoms with Crippen LogP contribution in [-0.4, -0.2) is 32.8 Å². The summed E-state index contributed by atoms with van der Waals surface area (Å²) in [4.78, 5) is 12.3. The molecule has 7 nitrogen and oxygen atoms in total. The van der Waals surface area contributed by atoms with Crippen molar-refractivity contribution in [1.82, 2.24) is 5.32 Å². The molecule has 9 heteroatoms. The van der Waals surface area contributed by atoms with Crippen LogP contribution in [-0.2, 0) is 10.0 Å². The van der Waals surface area contributed by atoms with Gasteiger partial charge in [0.15, 0.2) is 5.66 Å². The number of rotatable bonds is 8. The van der Waals surface area contributed by atoms with Crippen LogP contribution in [0, 0.1) is 12.3 Å². The Morgan fingerprint density at radius 2 is 2.08 bits per heavy atom. The van der Waals surface area contributed by atoms with Gasteiger partial charge in [-0.3, -0.25) is 9.52 Å². The summed E-state index contributed by atoms with van der Waals surface area (Å²) in [7, 11) is -3.51. The van der Waals surface area contributed by atoms with Gasteiger partial charge >= 0.3 is 0 Å². The van der Waals surface area contributed by atoms with Crippen molar-refractivity contribution in [3.63, 3.8) is 0 Å². The molecule has 0 radical (unpaired) electrons. The molecule has 0 bridgehead atoms. The molecule has 1 aliphatic heterocycles. The van der Waals surface area contributed by atoms with E-state index in [4.69, 9.17) is 18.0 Å². The average molecular weight is 369 g/mol. The Bertz CT molecular complexity index is 808. The fourth-order valence-corrected chi connectivity index (χ4v) is 2.88. The van der Waals surface area contributed by atoms with Gasteiger partial charge in [0, 0.05) is 30.8 Å². The lowest BCUT2D eigenvalue weighted by atomic mass is 10.0. The highest BCUT2D eigenvalue weighted by Crippen LogP contribution is 2.36. The normalized spacial score (nSPS) is 14.7. The van der Waals surface area contributed by atoms with Crippen LogP contribution in [0.3, 0.4) is 0 Å². The minimum absolute atomic E-state index is 0.148. The van der Waals surface area contributed by atoms with Gasteiger partial charge in [0.1, 0.15) is 0 Å². The molecule has 1 heterocycles. The fraction of sp³-hybridized carbons (Fsp3) is 0.400. The van der Waals surface area contributed by atoms with Crippen LogP contribution < -0.4 is 10.0 Å². The summed E-state index contributed by atoms with van der Waals surface area (Å²) in [5, 5.41) is 11.0. The molecule has 1 aromatic rings. The van der Waals surface area contributed by atoms with Gasteiger partial charge in [-0.2, -0.15) is 10.2 Å². The molecule has 0 saturated heterocycles. The van der Waals surface area contributed by atoms with Crippen LogP contribution in [0.4, 0.5) is 5.69 Å². The Morgan fingerprint density at radius 1 is 1.38 bits per heavy atom. The van der Waals surface area contributed by atoms with Crippen LogP contribution in [0.2, 0.25) is 5.02 Å². The molecule has 1 aliphatic rings. The number of sulfonamides is 1. The van der Waals surface area contributed by atoms with E-state index in [1.165, 1.54) is 18.2 Å². The number of benzene rings is 1. The van der Waals surface area contributed by atoms with E-state index in [2.05, 4.69) is 26.2 Å². The number of terminal acetylenes is 1. The minimum Gasteiger partial charge on any atom is -0.352 e. The SMILES string of the molecule is C#CCCC1(CCNC(=O)c2cc(Cl)ccc2NS(C)(=O)=O)N=N1. The Kier molecular flexibility index (Phi) is 5.47. The van der Waals surface area contributed by atoms with E-state index in [0.29, 0.717) is 30.8 Å². The van der Waals surface area contributed by atoms with Crippen molar-refractivity contribution in [2.45, 2.75) is 24.9 Å². The van der Waals surface area contributed by atoms with Gasteiger partial charge in [0.05, 0.1) is 17.5 Å². The first-order valence-electron chi connectivity index (χ1n) is 7.18. The molecule has 0 atom stereocenters. The number of nitrogens with one attached hydrogen (secondary N) is 2. The highest BCUT2D eigenvalue weighted by molar-refractivity contribution is 7.92. The van der Waals surface area contributed by atoms with Crippen LogP contribution >= 0.6 is 11.6 Å². The van der Waals surface area contributed by atoms with Gasteiger partial charge in [0.25, 0.3) is 5.91 Å². The molecule has 0 aromatic heterocycles. The molecule has 128 valence electrons. The van der Waals surface area contributed by atoms with E-state index < -0.39 is 21.6 Å². The smallest absolute Gasteiger partial charge is 0.253 e. The maximum atomic E-state index is 12.3. The van der Waals surface area contributed by atoms with Gasteiger partial charge in [-0.25, -0.2) is 8.42 Å². The predicted octanol–water partition coefficient (Wildman–Crippen LogP) is 2.41. The third kappa shape index (κ3) is 5.22. The van der Waals surface area contributed by atoms with E-state index >= 15 is 0 Å². The Hall–Kier alpha value is -2.11. The van der Waals surface area contributed by atoms with E-state index in [0.717, 1.165) is 6.26 Å². The third-order valence-corrected chi connectivity index (χ3v) is 4.21. The van der Waals surface area contributed by atoms with E-state index in [-0.39, 0.29) is 11.3 Å². The Balaban J connectivity index is 1.99. The third-order valence-electron chi connectivity index (χ3n) is 3.39. The summed E-state index contributed by atoms with van der Waals surface area (Å²) in [5.74, 6) is 2.10. The second-order valence-electron chi connectivity index (χ2n) is 5.46. The molecule has 24 heavy (non-hydrogen) atoms. The molecule has 0 aliphatic carbocycles. The maximum absolute atomic E-state index is 12.3. The van der Waals surface area contributed by atoms with Crippen molar-refractivity contribution in [1.29, 1.82) is 0 Å². The minimum atomic E-state index is -3.51. The predicted molar refractivity (Wildman–Crippen MR) is 92.5 cm³/mol. The first-order chi connectivity index (χ1) is 11.2. The fourth-order valence-electron chi connectivity index (χ4n) is 2.13. The summed E-state index contributed by atoms with van der Waals surface area (Å²) in [5.41, 5.74) is -0.167. The monoisotopic (exact) mass is 368 g/mol. The number of carbonyl (C=O) groups excluding carboxylic acids is 1. The molecule has 0 fully saturated rings. The van der Waals surface area contributed by atoms with Crippen molar-refractivity contribution in [3.8, 4) is 12.3 Å². The highest BCUT2D eigenvalue weighted by Gasteiger charge is 2.38. The number of halogens is 1. The lowest BCUT2D eigenvalue weighted by Gasteiger charge is -2.13. The first kappa shape index (κ1) is 18.2. The zero-order valence-corrected chi connectivity index (χ0v) is 14.6. The van der Waals surface area contributed by atoms with Crippen molar-refractivity contribution in [2.75, 3.05) is 17.5 Å². The van der Waals surface area contributed by atoms with Gasteiger partial charge in [-0.05, 0) is 18.2 Å². The van der Waals surface area contributed by atoms with Crippen LogP contribution in [0.25, 0.3) is 0 Å². The number of carbonyl (C=O) groups is 1. The largest absolute Gasteiger partial charge is 0.352 e. The van der Waals surface area contributed by atoms with E-state index in [9.17, 15) is 13.2 Å². The standard InChI is InChI=1S/C15H17ClN4O3S/c1-3-4-7-15(19-20-15)8-9-17-14(21)12-10-11(16)5-6-13(12)18-24(2,22)23/h1,5-6,10,18H,4,7-9H2,2H3,(H,17,21). The Labute approximate surface area is 145 Å². The van der Waals surface area contributed by atoms with Gasteiger partial charge in [-0.15, -0.1) is 12.3 Å². The summed E-state index contributed by atoms with van der Waals surface area (Å²) >= 11 is 5.90. The molecule has 1 aromatic carbocycles. The van der Waals surface area contributed by atoms with Crippen LogP contribution in [0.5, 0.6) is 0 Å². The molecule has 0 saturated carbocycles. The number of amides is 1. The second kappa shape index (κ2) is 7.20. The van der Waals surface area contributed by atoms with Gasteiger partial charge < -0.3 is 5.32 Å². The number of hydrogen-bond donors (Lipinski definition) is 2. The van der Waals surface area contributed by atoms with Crippen molar-refractivity contribution in [2.24, 2.45) is 10.2 Å². The zero-order chi connectivity index (χ0) is 17.8. The second-order valence-corrected chi connectivity index (χ2v) is 7.64. The summed E-state index contributed by atoms with van der Waals surface area (Å²) < 4.78 is 25.1. The number of hydrogen-bond acceptors (Lipinski definition) is 5. The van der Waals surface area contributed by atoms with Crippen molar-refractivity contribution >= 4 is 33.2 Å². The highest BCUT2D eigenvalue weighted by atomic mass is 35.5. The Morgan fingerprint density at radius 3 is 2.67 bits per heavy atom. The summed E-state index contributed by atoms with van der Waals surface area (Å²) in [6, 6.07) is 4.35. The van der Waals surface area contributed by atoms with E-state index in [1.807, 2.05) is 0 Å². The maximum Gasteiger partial charge on any atom is 0.253 e. The lowest BCUT2D eigenvalue weighted by molar-refractivity contribution is 0.0953. The molecule has 1 amide bonds. The molecular weight excluding hydrogens is 352 g/mol. The first-order valence-corrected chi connectivity index (χ1v) is 9.45. The lowest BCUT2D eigenvalue weighted by Crippen LogP contribution is -2.29. The van der Waals surface area contributed by atoms with Gasteiger partial charge in [-0.1, -0.05) is 11.6 Å². The van der Waals surface area contributed by atoms with Crippen LogP contribution in [0.15, 0.2) is 28.4 Å². The molecule has 0 unspecified atom stereocenters. The van der Waals surface area contributed by atoms with Crippen molar-refractivity contribution < 1.29 is 13.2 Å². The molecule has 0 spiro atoms. The topological polar surface area (TPSA) is 100.0 Å².